The van der Waals surface area contributed by atoms with Crippen LogP contribution in [0.4, 0.5) is 13.2 Å². The van der Waals surface area contributed by atoms with Gasteiger partial charge in [-0.1, -0.05) is 0 Å². The highest BCUT2D eigenvalue weighted by Gasteiger charge is 2.54. The molecule has 0 saturated carbocycles. The number of nitrogens with zero attached hydrogens (tertiary/aromatic N) is 2. The molecule has 0 bridgehead atoms. The van der Waals surface area contributed by atoms with Gasteiger partial charge in [0, 0.05) is 33.1 Å². The van der Waals surface area contributed by atoms with Gasteiger partial charge in [-0.05, 0) is 0 Å². The highest BCUT2D eigenvalue weighted by atomic mass is 19.4. The van der Waals surface area contributed by atoms with Crippen molar-refractivity contribution in [2.45, 2.75) is 12.6 Å². The van der Waals surface area contributed by atoms with E-state index in [4.69, 9.17) is 5.11 Å². The van der Waals surface area contributed by atoms with Crippen LogP contribution in [0, 0.1) is 17.8 Å². The standard InChI is InChI=1S/C12H15F3N2O4/c1-16-3-6(2-9(16)18)10(19)17-4-7(11(20)21)8(5-17)12(13,14)15/h6-8H,2-5H2,1H3,(H,20,21)/t6?,7-,8-/m1/s1. The zero-order chi connectivity index (χ0) is 15.9. The number of carbonyl (C=O) groups is 3. The second kappa shape index (κ2) is 5.19. The average Bonchev–Trinajstić information content (AvgIpc) is 2.93. The molecular weight excluding hydrogens is 293 g/mol. The van der Waals surface area contributed by atoms with Gasteiger partial charge in [-0.15, -0.1) is 0 Å². The van der Waals surface area contributed by atoms with Gasteiger partial charge in [-0.2, -0.15) is 13.2 Å². The minimum atomic E-state index is -4.67. The van der Waals surface area contributed by atoms with Gasteiger partial charge in [0.1, 0.15) is 0 Å². The largest absolute Gasteiger partial charge is 0.481 e. The molecule has 2 amide bonds. The summed E-state index contributed by atoms with van der Waals surface area (Å²) < 4.78 is 38.5. The van der Waals surface area contributed by atoms with Gasteiger partial charge in [-0.3, -0.25) is 14.4 Å². The van der Waals surface area contributed by atoms with Crippen molar-refractivity contribution in [3.63, 3.8) is 0 Å². The normalized spacial score (nSPS) is 30.1. The summed E-state index contributed by atoms with van der Waals surface area (Å²) in [7, 11) is 1.51. The molecule has 2 fully saturated rings. The molecule has 0 spiro atoms. The predicted octanol–water partition coefficient (Wildman–Crippen LogP) is 0.186. The van der Waals surface area contributed by atoms with Gasteiger partial charge < -0.3 is 14.9 Å². The maximum absolute atomic E-state index is 12.8. The lowest BCUT2D eigenvalue weighted by Crippen LogP contribution is -2.37. The SMILES string of the molecule is CN1CC(C(=O)N2C[C@@H](C(F)(F)F)[C@H](C(=O)O)C2)CC1=O. The Balaban J connectivity index is 2.10. The van der Waals surface area contributed by atoms with E-state index in [0.717, 1.165) is 4.90 Å². The number of carboxylic acids is 1. The summed E-state index contributed by atoms with van der Waals surface area (Å²) in [4.78, 5) is 36.8. The summed E-state index contributed by atoms with van der Waals surface area (Å²) in [5.41, 5.74) is 0. The highest BCUT2D eigenvalue weighted by Crippen LogP contribution is 2.38. The Morgan fingerprint density at radius 3 is 2.24 bits per heavy atom. The van der Waals surface area contributed by atoms with Crippen LogP contribution < -0.4 is 0 Å². The van der Waals surface area contributed by atoms with E-state index in [2.05, 4.69) is 0 Å². The molecular formula is C12H15F3N2O4. The van der Waals surface area contributed by atoms with Gasteiger partial charge in [0.15, 0.2) is 0 Å². The summed E-state index contributed by atoms with van der Waals surface area (Å²) in [6.07, 6.45) is -4.71. The maximum atomic E-state index is 12.8. The fraction of sp³-hybridized carbons (Fsp3) is 0.750. The van der Waals surface area contributed by atoms with Crippen molar-refractivity contribution in [1.82, 2.24) is 9.80 Å². The third-order valence-corrected chi connectivity index (χ3v) is 4.06. The van der Waals surface area contributed by atoms with E-state index < -0.39 is 48.9 Å². The van der Waals surface area contributed by atoms with Crippen LogP contribution in [-0.4, -0.2) is 65.5 Å². The van der Waals surface area contributed by atoms with E-state index in [0.29, 0.717) is 0 Å². The van der Waals surface area contributed by atoms with E-state index in [-0.39, 0.29) is 18.9 Å². The Kier molecular flexibility index (Phi) is 3.85. The first-order chi connectivity index (χ1) is 9.61. The van der Waals surface area contributed by atoms with Gasteiger partial charge >= 0.3 is 12.1 Å². The van der Waals surface area contributed by atoms with E-state index >= 15 is 0 Å². The highest BCUT2D eigenvalue weighted by molar-refractivity contribution is 5.89. The van der Waals surface area contributed by atoms with Gasteiger partial charge in [-0.25, -0.2) is 0 Å². The zero-order valence-corrected chi connectivity index (χ0v) is 11.3. The molecule has 9 heteroatoms. The Labute approximate surface area is 118 Å². The molecule has 1 unspecified atom stereocenters. The number of alkyl halides is 3. The van der Waals surface area contributed by atoms with Crippen LogP contribution in [0.1, 0.15) is 6.42 Å². The second-order valence-corrected chi connectivity index (χ2v) is 5.51. The number of hydrogen-bond donors (Lipinski definition) is 1. The fourth-order valence-corrected chi connectivity index (χ4v) is 2.85. The Hall–Kier alpha value is -1.80. The van der Waals surface area contributed by atoms with E-state index in [1.807, 2.05) is 0 Å². The van der Waals surface area contributed by atoms with Gasteiger partial charge in [0.05, 0.1) is 17.8 Å². The van der Waals surface area contributed by atoms with Crippen molar-refractivity contribution >= 4 is 17.8 Å². The molecule has 0 radical (unpaired) electrons. The number of carboxylic acid groups (broad SMARTS) is 1. The van der Waals surface area contributed by atoms with Crippen LogP contribution >= 0.6 is 0 Å². The van der Waals surface area contributed by atoms with Crippen LogP contribution in [0.2, 0.25) is 0 Å². The summed E-state index contributed by atoms with van der Waals surface area (Å²) >= 11 is 0. The van der Waals surface area contributed by atoms with Crippen LogP contribution in [0.15, 0.2) is 0 Å². The molecule has 1 N–H and O–H groups in total. The molecule has 0 aromatic heterocycles. The monoisotopic (exact) mass is 308 g/mol. The number of likely N-dealkylation sites (tertiary alicyclic amines) is 2. The molecule has 2 saturated heterocycles. The Morgan fingerprint density at radius 1 is 1.24 bits per heavy atom. The lowest BCUT2D eigenvalue weighted by atomic mass is 9.96. The Bertz CT molecular complexity index is 480. The predicted molar refractivity (Wildman–Crippen MR) is 63.0 cm³/mol. The van der Waals surface area contributed by atoms with Crippen molar-refractivity contribution in [1.29, 1.82) is 0 Å². The fourth-order valence-electron chi connectivity index (χ4n) is 2.85. The zero-order valence-electron chi connectivity index (χ0n) is 11.3. The van der Waals surface area contributed by atoms with Gasteiger partial charge in [0.2, 0.25) is 11.8 Å². The third kappa shape index (κ3) is 2.96. The van der Waals surface area contributed by atoms with Crippen LogP contribution in [-0.2, 0) is 14.4 Å². The number of hydrogen-bond acceptors (Lipinski definition) is 3. The molecule has 2 aliphatic rings. The summed E-state index contributed by atoms with van der Waals surface area (Å²) in [5.74, 6) is -6.78. The minimum Gasteiger partial charge on any atom is -0.481 e. The van der Waals surface area contributed by atoms with E-state index in [1.165, 1.54) is 11.9 Å². The summed E-state index contributed by atoms with van der Waals surface area (Å²) in [5, 5.41) is 8.90. The molecule has 0 aromatic rings. The molecule has 6 nitrogen and oxygen atoms in total. The van der Waals surface area contributed by atoms with Crippen molar-refractivity contribution in [2.24, 2.45) is 17.8 Å². The first-order valence-electron chi connectivity index (χ1n) is 6.43. The number of rotatable bonds is 2. The smallest absolute Gasteiger partial charge is 0.394 e. The van der Waals surface area contributed by atoms with Crippen molar-refractivity contribution in [3.8, 4) is 0 Å². The number of amides is 2. The van der Waals surface area contributed by atoms with Crippen LogP contribution in [0.5, 0.6) is 0 Å². The topological polar surface area (TPSA) is 77.9 Å². The van der Waals surface area contributed by atoms with Crippen molar-refractivity contribution in [2.75, 3.05) is 26.7 Å². The van der Waals surface area contributed by atoms with E-state index in [9.17, 15) is 27.6 Å². The molecule has 118 valence electrons. The average molecular weight is 308 g/mol. The molecule has 0 aliphatic carbocycles. The third-order valence-electron chi connectivity index (χ3n) is 4.06. The molecule has 21 heavy (non-hydrogen) atoms. The number of carbonyl (C=O) groups excluding carboxylic acids is 2. The molecule has 0 aromatic carbocycles. The lowest BCUT2D eigenvalue weighted by Gasteiger charge is -2.20. The number of halogens is 3. The maximum Gasteiger partial charge on any atom is 0.394 e. The van der Waals surface area contributed by atoms with Crippen LogP contribution in [0.25, 0.3) is 0 Å². The van der Waals surface area contributed by atoms with Crippen molar-refractivity contribution < 1.29 is 32.7 Å². The first kappa shape index (κ1) is 15.6. The van der Waals surface area contributed by atoms with E-state index in [1.54, 1.807) is 0 Å². The quantitative estimate of drug-likeness (QED) is 0.790. The summed E-state index contributed by atoms with van der Waals surface area (Å²) in [6.45, 7) is -0.969. The lowest BCUT2D eigenvalue weighted by molar-refractivity contribution is -0.188. The Morgan fingerprint density at radius 2 is 1.86 bits per heavy atom. The molecule has 3 atom stereocenters. The molecule has 2 heterocycles. The number of aliphatic carboxylic acids is 1. The molecule has 2 rings (SSSR count). The van der Waals surface area contributed by atoms with Crippen molar-refractivity contribution in [3.05, 3.63) is 0 Å². The minimum absolute atomic E-state index is 0.0414. The molecule has 2 aliphatic heterocycles. The first-order valence-corrected chi connectivity index (χ1v) is 6.43. The summed E-state index contributed by atoms with van der Waals surface area (Å²) in [6, 6.07) is 0. The second-order valence-electron chi connectivity index (χ2n) is 5.51. The van der Waals surface area contributed by atoms with Crippen LogP contribution in [0.3, 0.4) is 0 Å². The van der Waals surface area contributed by atoms with Gasteiger partial charge in [0.25, 0.3) is 0 Å².